The zero-order valence-corrected chi connectivity index (χ0v) is 13.5. The summed E-state index contributed by atoms with van der Waals surface area (Å²) in [6, 6.07) is 0.278. The van der Waals surface area contributed by atoms with E-state index in [1.54, 1.807) is 11.8 Å². The van der Waals surface area contributed by atoms with Crippen LogP contribution in [0.3, 0.4) is 0 Å². The molecule has 0 saturated heterocycles. The predicted octanol–water partition coefficient (Wildman–Crippen LogP) is 2.19. The first-order valence-electron chi connectivity index (χ1n) is 7.50. The highest BCUT2D eigenvalue weighted by atomic mass is 32.2. The molecule has 2 rings (SSSR count). The molecule has 0 radical (unpaired) electrons. The van der Waals surface area contributed by atoms with Crippen LogP contribution < -0.4 is 5.32 Å². The third-order valence-corrected chi connectivity index (χ3v) is 5.09. The normalized spacial score (nSPS) is 22.2. The van der Waals surface area contributed by atoms with Crippen LogP contribution in [0, 0.1) is 19.8 Å². The standard InChI is InChI=1S/C15H24N2O3S/c1-10-14(11(2)20-17-10)8-21-9-15(19)16-13-5-3-12(7-18)4-6-13/h12-13,18H,3-9H2,1-2H3,(H,16,19). The summed E-state index contributed by atoms with van der Waals surface area (Å²) >= 11 is 1.59. The fraction of sp³-hybridized carbons (Fsp3) is 0.733. The summed E-state index contributed by atoms with van der Waals surface area (Å²) in [4.78, 5) is 11.9. The molecule has 0 atom stereocenters. The summed E-state index contributed by atoms with van der Waals surface area (Å²) in [6.45, 7) is 4.09. The SMILES string of the molecule is Cc1noc(C)c1CSCC(=O)NC1CCC(CO)CC1. The van der Waals surface area contributed by atoms with Crippen LogP contribution >= 0.6 is 11.8 Å². The largest absolute Gasteiger partial charge is 0.396 e. The Hall–Kier alpha value is -1.01. The quantitative estimate of drug-likeness (QED) is 0.842. The molecule has 0 bridgehead atoms. The van der Waals surface area contributed by atoms with Gasteiger partial charge >= 0.3 is 0 Å². The molecule has 1 saturated carbocycles. The van der Waals surface area contributed by atoms with Crippen LogP contribution in [0.5, 0.6) is 0 Å². The van der Waals surface area contributed by atoms with Crippen molar-refractivity contribution in [2.24, 2.45) is 5.92 Å². The number of aliphatic hydroxyl groups excluding tert-OH is 1. The highest BCUT2D eigenvalue weighted by Crippen LogP contribution is 2.24. The van der Waals surface area contributed by atoms with Crippen molar-refractivity contribution in [3.05, 3.63) is 17.0 Å². The van der Waals surface area contributed by atoms with Crippen molar-refractivity contribution in [2.45, 2.75) is 51.3 Å². The van der Waals surface area contributed by atoms with Crippen LogP contribution in [0.25, 0.3) is 0 Å². The lowest BCUT2D eigenvalue weighted by atomic mass is 9.86. The number of aliphatic hydroxyl groups is 1. The fourth-order valence-corrected chi connectivity index (χ4v) is 3.70. The van der Waals surface area contributed by atoms with Crippen molar-refractivity contribution in [1.82, 2.24) is 10.5 Å². The Kier molecular flexibility index (Phi) is 6.11. The number of nitrogens with one attached hydrogen (secondary N) is 1. The Bertz CT molecular complexity index is 448. The van der Waals surface area contributed by atoms with Gasteiger partial charge in [-0.25, -0.2) is 0 Å². The van der Waals surface area contributed by atoms with Crippen molar-refractivity contribution < 1.29 is 14.4 Å². The number of carbonyl (C=O) groups is 1. The highest BCUT2D eigenvalue weighted by Gasteiger charge is 2.21. The van der Waals surface area contributed by atoms with Crippen molar-refractivity contribution in [3.63, 3.8) is 0 Å². The highest BCUT2D eigenvalue weighted by molar-refractivity contribution is 7.99. The molecule has 0 spiro atoms. The number of rotatable bonds is 6. The van der Waals surface area contributed by atoms with Gasteiger partial charge in [-0.15, -0.1) is 11.8 Å². The van der Waals surface area contributed by atoms with Crippen molar-refractivity contribution in [3.8, 4) is 0 Å². The molecule has 1 aromatic heterocycles. The van der Waals surface area contributed by atoms with Crippen LogP contribution in [0.15, 0.2) is 4.52 Å². The Morgan fingerprint density at radius 3 is 2.67 bits per heavy atom. The molecule has 21 heavy (non-hydrogen) atoms. The molecular formula is C15H24N2O3S. The Morgan fingerprint density at radius 2 is 2.10 bits per heavy atom. The number of aryl methyl sites for hydroxylation is 2. The second kappa shape index (κ2) is 7.84. The van der Waals surface area contributed by atoms with Crippen LogP contribution in [0.4, 0.5) is 0 Å². The summed E-state index contributed by atoms with van der Waals surface area (Å²) in [5.74, 6) is 2.57. The first-order valence-corrected chi connectivity index (χ1v) is 8.65. The molecule has 1 fully saturated rings. The molecule has 0 unspecified atom stereocenters. The first-order chi connectivity index (χ1) is 10.1. The minimum Gasteiger partial charge on any atom is -0.396 e. The van der Waals surface area contributed by atoms with Crippen LogP contribution in [0.2, 0.25) is 0 Å². The van der Waals surface area contributed by atoms with Crippen LogP contribution in [-0.2, 0) is 10.5 Å². The van der Waals surface area contributed by atoms with E-state index >= 15 is 0 Å². The number of thioether (sulfide) groups is 1. The number of hydrogen-bond acceptors (Lipinski definition) is 5. The van der Waals surface area contributed by atoms with E-state index in [4.69, 9.17) is 9.63 Å². The fourth-order valence-electron chi connectivity index (χ4n) is 2.71. The maximum absolute atomic E-state index is 11.9. The van der Waals surface area contributed by atoms with Gasteiger partial charge < -0.3 is 14.9 Å². The molecule has 5 nitrogen and oxygen atoms in total. The monoisotopic (exact) mass is 312 g/mol. The van der Waals surface area contributed by atoms with E-state index in [-0.39, 0.29) is 18.6 Å². The predicted molar refractivity (Wildman–Crippen MR) is 83.1 cm³/mol. The van der Waals surface area contributed by atoms with E-state index in [2.05, 4.69) is 10.5 Å². The molecule has 118 valence electrons. The summed E-state index contributed by atoms with van der Waals surface area (Å²) < 4.78 is 5.11. The maximum Gasteiger partial charge on any atom is 0.230 e. The maximum atomic E-state index is 11.9. The first kappa shape index (κ1) is 16.4. The van der Waals surface area contributed by atoms with Gasteiger partial charge in [0, 0.05) is 24.0 Å². The topological polar surface area (TPSA) is 75.4 Å². The van der Waals surface area contributed by atoms with E-state index in [1.807, 2.05) is 13.8 Å². The van der Waals surface area contributed by atoms with E-state index in [0.29, 0.717) is 11.7 Å². The second-order valence-corrected chi connectivity index (χ2v) is 6.75. The molecule has 1 aliphatic carbocycles. The smallest absolute Gasteiger partial charge is 0.230 e. The zero-order valence-electron chi connectivity index (χ0n) is 12.7. The molecular weight excluding hydrogens is 288 g/mol. The van der Waals surface area contributed by atoms with Gasteiger partial charge in [0.05, 0.1) is 11.4 Å². The molecule has 0 aromatic carbocycles. The summed E-state index contributed by atoms with van der Waals surface area (Å²) in [6.07, 6.45) is 3.97. The van der Waals surface area contributed by atoms with Gasteiger partial charge in [-0.05, 0) is 45.4 Å². The zero-order chi connectivity index (χ0) is 15.2. The summed E-state index contributed by atoms with van der Waals surface area (Å²) in [7, 11) is 0. The van der Waals surface area contributed by atoms with E-state index in [9.17, 15) is 4.79 Å². The van der Waals surface area contributed by atoms with Crippen LogP contribution in [-0.4, -0.2) is 34.6 Å². The number of nitrogens with zero attached hydrogens (tertiary/aromatic N) is 1. The number of carbonyl (C=O) groups excluding carboxylic acids is 1. The van der Waals surface area contributed by atoms with Gasteiger partial charge in [0.1, 0.15) is 5.76 Å². The molecule has 2 N–H and O–H groups in total. The minimum atomic E-state index is 0.0965. The molecule has 1 amide bonds. The third-order valence-electron chi connectivity index (χ3n) is 4.13. The number of hydrogen-bond donors (Lipinski definition) is 2. The lowest BCUT2D eigenvalue weighted by molar-refractivity contribution is -0.119. The second-order valence-electron chi connectivity index (χ2n) is 5.76. The Balaban J connectivity index is 1.66. The molecule has 6 heteroatoms. The van der Waals surface area contributed by atoms with Gasteiger partial charge in [-0.3, -0.25) is 4.79 Å². The van der Waals surface area contributed by atoms with Gasteiger partial charge in [-0.2, -0.15) is 0 Å². The molecule has 1 heterocycles. The molecule has 1 aromatic rings. The third kappa shape index (κ3) is 4.74. The van der Waals surface area contributed by atoms with E-state index < -0.39 is 0 Å². The average molecular weight is 312 g/mol. The van der Waals surface area contributed by atoms with Crippen molar-refractivity contribution in [1.29, 1.82) is 0 Å². The minimum absolute atomic E-state index is 0.0965. The average Bonchev–Trinajstić information content (AvgIpc) is 2.80. The van der Waals surface area contributed by atoms with E-state index in [0.717, 1.165) is 48.5 Å². The van der Waals surface area contributed by atoms with Gasteiger partial charge in [-0.1, -0.05) is 5.16 Å². The summed E-state index contributed by atoms with van der Waals surface area (Å²) in [5, 5.41) is 16.1. The lowest BCUT2D eigenvalue weighted by Gasteiger charge is -2.27. The summed E-state index contributed by atoms with van der Waals surface area (Å²) in [5.41, 5.74) is 2.00. The van der Waals surface area contributed by atoms with Gasteiger partial charge in [0.2, 0.25) is 5.91 Å². The van der Waals surface area contributed by atoms with Gasteiger partial charge in [0.15, 0.2) is 0 Å². The molecule has 1 aliphatic rings. The number of amides is 1. The Labute approximate surface area is 129 Å². The van der Waals surface area contributed by atoms with Crippen molar-refractivity contribution >= 4 is 17.7 Å². The molecule has 0 aliphatic heterocycles. The van der Waals surface area contributed by atoms with E-state index in [1.165, 1.54) is 0 Å². The lowest BCUT2D eigenvalue weighted by Crippen LogP contribution is -2.39. The number of aromatic nitrogens is 1. The Morgan fingerprint density at radius 1 is 1.38 bits per heavy atom. The van der Waals surface area contributed by atoms with Crippen molar-refractivity contribution in [2.75, 3.05) is 12.4 Å². The van der Waals surface area contributed by atoms with Crippen LogP contribution in [0.1, 0.15) is 42.7 Å². The van der Waals surface area contributed by atoms with Gasteiger partial charge in [0.25, 0.3) is 0 Å².